The molecule has 2 heterocycles. The maximum Gasteiger partial charge on any atom is 0.410 e. The molecule has 1 saturated heterocycles. The zero-order valence-electron chi connectivity index (χ0n) is 19.5. The van der Waals surface area contributed by atoms with E-state index in [2.05, 4.69) is 6.07 Å². The number of carbonyl (C=O) groups is 1. The van der Waals surface area contributed by atoms with Crippen molar-refractivity contribution in [3.63, 3.8) is 0 Å². The van der Waals surface area contributed by atoms with Gasteiger partial charge in [0.25, 0.3) is 5.56 Å². The number of ether oxygens (including phenoxy) is 1. The van der Waals surface area contributed by atoms with E-state index in [-0.39, 0.29) is 24.0 Å². The van der Waals surface area contributed by atoms with Crippen molar-refractivity contribution in [2.75, 3.05) is 31.1 Å². The Morgan fingerprint density at radius 1 is 1.06 bits per heavy atom. The van der Waals surface area contributed by atoms with Crippen LogP contribution >= 0.6 is 0 Å². The van der Waals surface area contributed by atoms with Crippen molar-refractivity contribution in [1.29, 1.82) is 5.26 Å². The van der Waals surface area contributed by atoms with Crippen LogP contribution in [0.2, 0.25) is 0 Å². The van der Waals surface area contributed by atoms with Crippen LogP contribution in [0.1, 0.15) is 31.9 Å². The molecule has 0 saturated carbocycles. The van der Waals surface area contributed by atoms with Crippen LogP contribution in [0.4, 0.5) is 14.9 Å². The van der Waals surface area contributed by atoms with Crippen LogP contribution in [-0.2, 0) is 11.3 Å². The summed E-state index contributed by atoms with van der Waals surface area (Å²) in [6, 6.07) is 15.5. The maximum absolute atomic E-state index is 13.4. The van der Waals surface area contributed by atoms with Gasteiger partial charge in [-0.3, -0.25) is 4.79 Å². The van der Waals surface area contributed by atoms with Gasteiger partial charge in [-0.05, 0) is 44.5 Å². The predicted molar refractivity (Wildman–Crippen MR) is 128 cm³/mol. The molecule has 0 bridgehead atoms. The van der Waals surface area contributed by atoms with Gasteiger partial charge in [0.15, 0.2) is 0 Å². The molecule has 176 valence electrons. The monoisotopic (exact) mass is 462 g/mol. The van der Waals surface area contributed by atoms with Crippen molar-refractivity contribution >= 4 is 22.7 Å². The number of halogens is 1. The number of benzene rings is 2. The first-order valence-corrected chi connectivity index (χ1v) is 11.2. The molecule has 1 aliphatic heterocycles. The summed E-state index contributed by atoms with van der Waals surface area (Å²) in [4.78, 5) is 29.5. The lowest BCUT2D eigenvalue weighted by molar-refractivity contribution is 0.0240. The summed E-state index contributed by atoms with van der Waals surface area (Å²) in [5.74, 6) is -0.348. The number of pyridine rings is 1. The largest absolute Gasteiger partial charge is 0.444 e. The molecule has 34 heavy (non-hydrogen) atoms. The smallest absolute Gasteiger partial charge is 0.410 e. The fourth-order valence-corrected chi connectivity index (χ4v) is 4.19. The SMILES string of the molecule is CC(C)(C)OC(=O)N1CCN(c2c(C#N)c(=O)n(Cc3ccc(F)cc3)c3ccccc23)CC1. The number of piperazine rings is 1. The van der Waals surface area contributed by atoms with Gasteiger partial charge in [0, 0.05) is 31.6 Å². The highest BCUT2D eigenvalue weighted by molar-refractivity contribution is 5.95. The second-order valence-corrected chi connectivity index (χ2v) is 9.32. The minimum Gasteiger partial charge on any atom is -0.444 e. The van der Waals surface area contributed by atoms with Gasteiger partial charge >= 0.3 is 6.09 Å². The predicted octanol–water partition coefficient (Wildman–Crippen LogP) is 4.12. The van der Waals surface area contributed by atoms with Crippen LogP contribution in [-0.4, -0.2) is 47.3 Å². The van der Waals surface area contributed by atoms with Crippen LogP contribution in [0.25, 0.3) is 10.9 Å². The number of hydrogen-bond donors (Lipinski definition) is 0. The molecule has 0 aliphatic carbocycles. The van der Waals surface area contributed by atoms with Gasteiger partial charge in [0.2, 0.25) is 0 Å². The van der Waals surface area contributed by atoms with Crippen molar-refractivity contribution < 1.29 is 13.9 Å². The number of para-hydroxylation sites is 1. The molecule has 0 N–H and O–H groups in total. The van der Waals surface area contributed by atoms with Gasteiger partial charge in [-0.25, -0.2) is 9.18 Å². The molecule has 0 spiro atoms. The Morgan fingerprint density at radius 3 is 2.32 bits per heavy atom. The Bertz CT molecular complexity index is 1310. The molecular formula is C26H27FN4O3. The summed E-state index contributed by atoms with van der Waals surface area (Å²) in [5, 5.41) is 10.7. The van der Waals surface area contributed by atoms with E-state index in [0.717, 1.165) is 10.9 Å². The summed E-state index contributed by atoms with van der Waals surface area (Å²) >= 11 is 0. The number of hydrogen-bond acceptors (Lipinski definition) is 5. The summed E-state index contributed by atoms with van der Waals surface area (Å²) in [5.41, 5.74) is 1.13. The van der Waals surface area contributed by atoms with Crippen LogP contribution in [0.5, 0.6) is 0 Å². The standard InChI is InChI=1S/C26H27FN4O3/c1-26(2,3)34-25(33)30-14-12-29(13-15-30)23-20-6-4-5-7-22(20)31(24(32)21(23)16-28)17-18-8-10-19(27)11-9-18/h4-11H,12-15,17H2,1-3H3. The lowest BCUT2D eigenvalue weighted by Crippen LogP contribution is -2.50. The Kier molecular flexibility index (Phi) is 6.29. The van der Waals surface area contributed by atoms with Crippen molar-refractivity contribution in [2.45, 2.75) is 32.9 Å². The van der Waals surface area contributed by atoms with Gasteiger partial charge in [-0.15, -0.1) is 0 Å². The number of aromatic nitrogens is 1. The Morgan fingerprint density at radius 2 is 1.71 bits per heavy atom. The van der Waals surface area contributed by atoms with Gasteiger partial charge in [0.05, 0.1) is 17.7 Å². The Labute approximate surface area is 197 Å². The van der Waals surface area contributed by atoms with Crippen molar-refractivity contribution in [1.82, 2.24) is 9.47 Å². The van der Waals surface area contributed by atoms with E-state index in [9.17, 15) is 19.2 Å². The highest BCUT2D eigenvalue weighted by atomic mass is 19.1. The van der Waals surface area contributed by atoms with Crippen molar-refractivity contribution in [3.05, 3.63) is 75.8 Å². The molecular weight excluding hydrogens is 435 g/mol. The second kappa shape index (κ2) is 9.18. The van der Waals surface area contributed by atoms with Crippen molar-refractivity contribution in [2.24, 2.45) is 0 Å². The normalized spacial score (nSPS) is 14.2. The average Bonchev–Trinajstić information content (AvgIpc) is 2.80. The molecule has 1 aliphatic rings. The third kappa shape index (κ3) is 4.74. The van der Waals surface area contributed by atoms with Crippen LogP contribution in [0, 0.1) is 17.1 Å². The minimum atomic E-state index is -0.576. The first kappa shape index (κ1) is 23.3. The number of rotatable bonds is 3. The molecule has 1 fully saturated rings. The third-order valence-corrected chi connectivity index (χ3v) is 5.76. The van der Waals surface area contributed by atoms with Crippen LogP contribution in [0.15, 0.2) is 53.3 Å². The van der Waals surface area contributed by atoms with E-state index >= 15 is 0 Å². The number of nitrogens with zero attached hydrogens (tertiary/aromatic N) is 4. The van der Waals surface area contributed by atoms with Gasteiger partial charge in [-0.2, -0.15) is 5.26 Å². The maximum atomic E-state index is 13.4. The molecule has 0 atom stereocenters. The Balaban J connectivity index is 1.70. The number of anilines is 1. The van der Waals surface area contributed by atoms with Gasteiger partial charge in [-0.1, -0.05) is 30.3 Å². The second-order valence-electron chi connectivity index (χ2n) is 9.32. The van der Waals surface area contributed by atoms with E-state index in [1.165, 1.54) is 12.1 Å². The number of amides is 1. The summed E-state index contributed by atoms with van der Waals surface area (Å²) in [6.07, 6.45) is -0.368. The molecule has 0 radical (unpaired) electrons. The van der Waals surface area contributed by atoms with Gasteiger partial charge < -0.3 is 19.1 Å². The van der Waals surface area contributed by atoms with Gasteiger partial charge in [0.1, 0.15) is 23.1 Å². The molecule has 3 aromatic rings. The summed E-state index contributed by atoms with van der Waals surface area (Å²) in [7, 11) is 0. The zero-order chi connectivity index (χ0) is 24.5. The fraction of sp³-hybridized carbons (Fsp3) is 0.346. The first-order valence-electron chi connectivity index (χ1n) is 11.2. The van der Waals surface area contributed by atoms with Crippen molar-refractivity contribution in [3.8, 4) is 6.07 Å². The van der Waals surface area contributed by atoms with E-state index in [0.29, 0.717) is 37.4 Å². The summed E-state index contributed by atoms with van der Waals surface area (Å²) < 4.78 is 20.4. The number of carbonyl (C=O) groups excluding carboxylic acids is 1. The topological polar surface area (TPSA) is 78.6 Å². The van der Waals surface area contributed by atoms with Crippen LogP contribution in [0.3, 0.4) is 0 Å². The van der Waals surface area contributed by atoms with E-state index in [4.69, 9.17) is 4.74 Å². The number of nitriles is 1. The molecule has 4 rings (SSSR count). The zero-order valence-corrected chi connectivity index (χ0v) is 19.5. The first-order chi connectivity index (χ1) is 16.2. The molecule has 0 unspecified atom stereocenters. The highest BCUT2D eigenvalue weighted by Gasteiger charge is 2.29. The van der Waals surface area contributed by atoms with E-state index in [1.54, 1.807) is 21.6 Å². The fourth-order valence-electron chi connectivity index (χ4n) is 4.19. The molecule has 8 heteroatoms. The third-order valence-electron chi connectivity index (χ3n) is 5.76. The highest BCUT2D eigenvalue weighted by Crippen LogP contribution is 2.30. The summed E-state index contributed by atoms with van der Waals surface area (Å²) in [6.45, 7) is 7.49. The minimum absolute atomic E-state index is 0.0616. The Hall–Kier alpha value is -3.86. The van der Waals surface area contributed by atoms with E-state index < -0.39 is 11.2 Å². The lowest BCUT2D eigenvalue weighted by atomic mass is 10.1. The molecule has 1 amide bonds. The van der Waals surface area contributed by atoms with E-state index in [1.807, 2.05) is 49.9 Å². The number of fused-ring (bicyclic) bond motifs is 1. The average molecular weight is 463 g/mol. The quantitative estimate of drug-likeness (QED) is 0.585. The lowest BCUT2D eigenvalue weighted by Gasteiger charge is -2.37. The molecule has 7 nitrogen and oxygen atoms in total. The van der Waals surface area contributed by atoms with Crippen LogP contribution < -0.4 is 10.5 Å². The molecule has 1 aromatic heterocycles. The molecule has 2 aromatic carbocycles.